The van der Waals surface area contributed by atoms with E-state index in [1.165, 1.54) is 50.9 Å². The summed E-state index contributed by atoms with van der Waals surface area (Å²) in [6.07, 6.45) is 6.64. The highest BCUT2D eigenvalue weighted by atomic mass is 16.1. The van der Waals surface area contributed by atoms with E-state index in [0.717, 1.165) is 19.1 Å². The lowest BCUT2D eigenvalue weighted by molar-refractivity contribution is 0.100. The van der Waals surface area contributed by atoms with Crippen LogP contribution < -0.4 is 10.6 Å². The van der Waals surface area contributed by atoms with Crippen molar-refractivity contribution in [3.63, 3.8) is 0 Å². The molecule has 4 heteroatoms. The van der Waals surface area contributed by atoms with Gasteiger partial charge in [-0.05, 0) is 63.0 Å². The second-order valence-corrected chi connectivity index (χ2v) is 6.23. The van der Waals surface area contributed by atoms with Gasteiger partial charge >= 0.3 is 0 Å². The van der Waals surface area contributed by atoms with Crippen LogP contribution in [0.4, 0.5) is 5.69 Å². The van der Waals surface area contributed by atoms with Gasteiger partial charge in [0.25, 0.3) is 0 Å². The second-order valence-electron chi connectivity index (χ2n) is 6.23. The van der Waals surface area contributed by atoms with Crippen LogP contribution in [0.25, 0.3) is 0 Å². The number of hydrogen-bond donors (Lipinski definition) is 1. The Bertz CT molecular complexity index is 471. The van der Waals surface area contributed by atoms with Crippen LogP contribution in [0.2, 0.25) is 0 Å². The van der Waals surface area contributed by atoms with E-state index in [-0.39, 0.29) is 5.91 Å². The molecule has 2 N–H and O–H groups in total. The molecule has 2 heterocycles. The van der Waals surface area contributed by atoms with Crippen molar-refractivity contribution in [2.75, 3.05) is 31.1 Å². The standard InChI is InChI=1S/C17H25N3O/c18-17(21)14-4-6-15(7-5-14)20-12-8-16(9-13-20)19-10-2-1-3-11-19/h4-7,16H,1-3,8-13H2,(H2,18,21). The predicted octanol–water partition coefficient (Wildman–Crippen LogP) is 2.24. The number of carbonyl (C=O) groups is 1. The Labute approximate surface area is 126 Å². The van der Waals surface area contributed by atoms with E-state index in [2.05, 4.69) is 9.80 Å². The van der Waals surface area contributed by atoms with Gasteiger partial charge in [-0.1, -0.05) is 6.42 Å². The number of nitrogens with zero attached hydrogens (tertiary/aromatic N) is 2. The highest BCUT2D eigenvalue weighted by molar-refractivity contribution is 5.93. The number of likely N-dealkylation sites (tertiary alicyclic amines) is 1. The first kappa shape index (κ1) is 14.4. The number of rotatable bonds is 3. The highest BCUT2D eigenvalue weighted by Crippen LogP contribution is 2.24. The van der Waals surface area contributed by atoms with Crippen LogP contribution in [0.5, 0.6) is 0 Å². The Balaban J connectivity index is 1.56. The lowest BCUT2D eigenvalue weighted by Gasteiger charge is -2.41. The average molecular weight is 287 g/mol. The molecule has 0 saturated carbocycles. The molecule has 21 heavy (non-hydrogen) atoms. The first-order valence-corrected chi connectivity index (χ1v) is 8.13. The molecule has 0 radical (unpaired) electrons. The number of amides is 1. The SMILES string of the molecule is NC(=O)c1ccc(N2CCC(N3CCCCC3)CC2)cc1. The van der Waals surface area contributed by atoms with Crippen molar-refractivity contribution in [3.8, 4) is 0 Å². The summed E-state index contributed by atoms with van der Waals surface area (Å²) in [5.41, 5.74) is 7.08. The number of benzene rings is 1. The number of anilines is 1. The van der Waals surface area contributed by atoms with Gasteiger partial charge in [0.15, 0.2) is 0 Å². The molecule has 0 spiro atoms. The first-order chi connectivity index (χ1) is 10.2. The van der Waals surface area contributed by atoms with Gasteiger partial charge in [0, 0.05) is 30.4 Å². The Hall–Kier alpha value is -1.55. The molecule has 1 aromatic carbocycles. The summed E-state index contributed by atoms with van der Waals surface area (Å²) in [7, 11) is 0. The minimum absolute atomic E-state index is 0.356. The zero-order valence-electron chi connectivity index (χ0n) is 12.6. The average Bonchev–Trinajstić information content (AvgIpc) is 2.56. The van der Waals surface area contributed by atoms with Gasteiger partial charge in [0.2, 0.25) is 5.91 Å². The van der Waals surface area contributed by atoms with E-state index < -0.39 is 0 Å². The Morgan fingerprint density at radius 2 is 1.57 bits per heavy atom. The van der Waals surface area contributed by atoms with Gasteiger partial charge < -0.3 is 15.5 Å². The monoisotopic (exact) mass is 287 g/mol. The highest BCUT2D eigenvalue weighted by Gasteiger charge is 2.25. The Morgan fingerprint density at radius 3 is 2.14 bits per heavy atom. The maximum absolute atomic E-state index is 11.1. The molecule has 1 aromatic rings. The van der Waals surface area contributed by atoms with E-state index in [1.807, 2.05) is 24.3 Å². The summed E-state index contributed by atoms with van der Waals surface area (Å²) in [6, 6.07) is 8.46. The van der Waals surface area contributed by atoms with Crippen LogP contribution in [0.15, 0.2) is 24.3 Å². The minimum Gasteiger partial charge on any atom is -0.371 e. The number of hydrogen-bond acceptors (Lipinski definition) is 3. The topological polar surface area (TPSA) is 49.6 Å². The quantitative estimate of drug-likeness (QED) is 0.927. The van der Waals surface area contributed by atoms with Crippen LogP contribution in [0, 0.1) is 0 Å². The van der Waals surface area contributed by atoms with Gasteiger partial charge in [-0.25, -0.2) is 0 Å². The zero-order chi connectivity index (χ0) is 14.7. The molecule has 0 aromatic heterocycles. The van der Waals surface area contributed by atoms with Crippen LogP contribution in [0.1, 0.15) is 42.5 Å². The van der Waals surface area contributed by atoms with Crippen molar-refractivity contribution < 1.29 is 4.79 Å². The van der Waals surface area contributed by atoms with Crippen LogP contribution in [0.3, 0.4) is 0 Å². The number of piperidine rings is 2. The molecule has 0 atom stereocenters. The molecule has 2 aliphatic rings. The number of primary amides is 1. The predicted molar refractivity (Wildman–Crippen MR) is 85.6 cm³/mol. The smallest absolute Gasteiger partial charge is 0.248 e. The summed E-state index contributed by atoms with van der Waals surface area (Å²) in [6.45, 7) is 4.80. The van der Waals surface area contributed by atoms with Crippen molar-refractivity contribution in [3.05, 3.63) is 29.8 Å². The van der Waals surface area contributed by atoms with Gasteiger partial charge in [0.05, 0.1) is 0 Å². The summed E-state index contributed by atoms with van der Waals surface area (Å²) in [4.78, 5) is 16.2. The maximum atomic E-state index is 11.1. The zero-order valence-corrected chi connectivity index (χ0v) is 12.6. The van der Waals surface area contributed by atoms with Gasteiger partial charge in [-0.3, -0.25) is 4.79 Å². The number of nitrogens with two attached hydrogens (primary N) is 1. The van der Waals surface area contributed by atoms with Crippen LogP contribution in [-0.2, 0) is 0 Å². The van der Waals surface area contributed by atoms with Crippen molar-refractivity contribution in [1.82, 2.24) is 4.90 Å². The van der Waals surface area contributed by atoms with Crippen molar-refractivity contribution in [2.45, 2.75) is 38.1 Å². The fraction of sp³-hybridized carbons (Fsp3) is 0.588. The van der Waals surface area contributed by atoms with Gasteiger partial charge in [-0.2, -0.15) is 0 Å². The molecule has 114 valence electrons. The normalized spacial score (nSPS) is 21.4. The third kappa shape index (κ3) is 3.38. The van der Waals surface area contributed by atoms with Gasteiger partial charge in [0.1, 0.15) is 0 Å². The van der Waals surface area contributed by atoms with E-state index in [9.17, 15) is 4.79 Å². The summed E-state index contributed by atoms with van der Waals surface area (Å²) >= 11 is 0. The van der Waals surface area contributed by atoms with E-state index in [0.29, 0.717) is 5.56 Å². The van der Waals surface area contributed by atoms with Crippen molar-refractivity contribution >= 4 is 11.6 Å². The lowest BCUT2D eigenvalue weighted by atomic mass is 9.99. The molecule has 4 nitrogen and oxygen atoms in total. The van der Waals surface area contributed by atoms with E-state index in [1.54, 1.807) is 0 Å². The summed E-state index contributed by atoms with van der Waals surface area (Å²) in [5, 5.41) is 0. The molecule has 2 saturated heterocycles. The fourth-order valence-corrected chi connectivity index (χ4v) is 3.61. The molecule has 0 bridgehead atoms. The van der Waals surface area contributed by atoms with Crippen molar-refractivity contribution in [2.24, 2.45) is 5.73 Å². The van der Waals surface area contributed by atoms with Gasteiger partial charge in [-0.15, -0.1) is 0 Å². The van der Waals surface area contributed by atoms with E-state index in [4.69, 9.17) is 5.73 Å². The minimum atomic E-state index is -0.356. The maximum Gasteiger partial charge on any atom is 0.248 e. The van der Waals surface area contributed by atoms with Crippen LogP contribution in [-0.4, -0.2) is 43.0 Å². The third-order valence-electron chi connectivity index (χ3n) is 4.89. The summed E-state index contributed by atoms with van der Waals surface area (Å²) < 4.78 is 0. The summed E-state index contributed by atoms with van der Waals surface area (Å²) in [5.74, 6) is -0.356. The fourth-order valence-electron chi connectivity index (χ4n) is 3.61. The second kappa shape index (κ2) is 6.48. The molecule has 1 amide bonds. The number of carbonyl (C=O) groups excluding carboxylic acids is 1. The molecule has 2 fully saturated rings. The first-order valence-electron chi connectivity index (χ1n) is 8.13. The largest absolute Gasteiger partial charge is 0.371 e. The van der Waals surface area contributed by atoms with Crippen molar-refractivity contribution in [1.29, 1.82) is 0 Å². The molecule has 2 aliphatic heterocycles. The van der Waals surface area contributed by atoms with Crippen LogP contribution >= 0.6 is 0 Å². The van der Waals surface area contributed by atoms with E-state index >= 15 is 0 Å². The molecule has 3 rings (SSSR count). The molecular weight excluding hydrogens is 262 g/mol. The third-order valence-corrected chi connectivity index (χ3v) is 4.89. The lowest BCUT2D eigenvalue weighted by Crippen LogP contribution is -2.46. The Kier molecular flexibility index (Phi) is 4.44. The molecular formula is C17H25N3O. The molecule has 0 unspecified atom stereocenters. The molecule has 0 aliphatic carbocycles. The Morgan fingerprint density at radius 1 is 0.952 bits per heavy atom.